The molecule has 0 radical (unpaired) electrons. The van der Waals surface area contributed by atoms with Crippen LogP contribution in [0.2, 0.25) is 0 Å². The Morgan fingerprint density at radius 1 is 1.28 bits per heavy atom. The Bertz CT molecular complexity index is 336. The quantitative estimate of drug-likeness (QED) is 0.713. The van der Waals surface area contributed by atoms with Crippen LogP contribution >= 0.6 is 0 Å². The van der Waals surface area contributed by atoms with Crippen molar-refractivity contribution in [2.75, 3.05) is 13.2 Å². The maximum atomic E-state index is 6.22. The fraction of sp³-hybridized carbons (Fsp3) is 0.625. The molecule has 0 fully saturated rings. The first-order chi connectivity index (χ1) is 8.63. The van der Waals surface area contributed by atoms with Crippen molar-refractivity contribution < 1.29 is 4.74 Å². The van der Waals surface area contributed by atoms with Crippen molar-refractivity contribution in [1.29, 1.82) is 0 Å². The summed E-state index contributed by atoms with van der Waals surface area (Å²) in [5, 5.41) is 0. The van der Waals surface area contributed by atoms with Gasteiger partial charge in [-0.15, -0.1) is 0 Å². The molecule has 2 N–H and O–H groups in total. The molecule has 2 heteroatoms. The highest BCUT2D eigenvalue weighted by Gasteiger charge is 2.07. The molecule has 1 unspecified atom stereocenters. The lowest BCUT2D eigenvalue weighted by Gasteiger charge is -2.14. The summed E-state index contributed by atoms with van der Waals surface area (Å²) in [7, 11) is 0. The van der Waals surface area contributed by atoms with Gasteiger partial charge in [0, 0.05) is 19.3 Å². The predicted molar refractivity (Wildman–Crippen MR) is 77.6 cm³/mol. The lowest BCUT2D eigenvalue weighted by molar-refractivity contribution is 0.142. The van der Waals surface area contributed by atoms with Gasteiger partial charge >= 0.3 is 0 Å². The van der Waals surface area contributed by atoms with Crippen LogP contribution in [0.25, 0.3) is 0 Å². The molecule has 0 aliphatic rings. The summed E-state index contributed by atoms with van der Waals surface area (Å²) < 4.78 is 5.34. The summed E-state index contributed by atoms with van der Waals surface area (Å²) in [6, 6.07) is 8.84. The molecule has 0 aliphatic heterocycles. The highest BCUT2D eigenvalue weighted by atomic mass is 16.5. The van der Waals surface area contributed by atoms with Crippen LogP contribution in [0.3, 0.4) is 0 Å². The summed E-state index contributed by atoms with van der Waals surface area (Å²) >= 11 is 0. The number of hydrogen-bond donors (Lipinski definition) is 1. The minimum absolute atomic E-state index is 0.137. The highest BCUT2D eigenvalue weighted by molar-refractivity contribution is 5.26. The van der Waals surface area contributed by atoms with E-state index >= 15 is 0 Å². The van der Waals surface area contributed by atoms with E-state index in [1.165, 1.54) is 11.1 Å². The predicted octanol–water partition coefficient (Wildman–Crippen LogP) is 3.70. The molecule has 2 nitrogen and oxygen atoms in total. The van der Waals surface area contributed by atoms with Crippen LogP contribution in [0.15, 0.2) is 24.3 Å². The average molecular weight is 249 g/mol. The monoisotopic (exact) mass is 249 g/mol. The molecule has 0 aliphatic carbocycles. The van der Waals surface area contributed by atoms with Gasteiger partial charge in [0.2, 0.25) is 0 Å². The Morgan fingerprint density at radius 3 is 2.72 bits per heavy atom. The summed E-state index contributed by atoms with van der Waals surface area (Å²) in [5.41, 5.74) is 8.87. The zero-order chi connectivity index (χ0) is 13.4. The van der Waals surface area contributed by atoms with E-state index in [1.54, 1.807) is 0 Å². The molecule has 0 saturated heterocycles. The van der Waals surface area contributed by atoms with Crippen LogP contribution in [0.1, 0.15) is 50.8 Å². The standard InChI is InChI=1S/C16H27NO/c1-4-18-10-6-9-16(17)15-8-5-7-14(12-15)11-13(2)3/h5,7-8,12-13,16H,4,6,9-11,17H2,1-3H3. The van der Waals surface area contributed by atoms with Crippen LogP contribution in [0, 0.1) is 5.92 Å². The summed E-state index contributed by atoms with van der Waals surface area (Å²) in [5.74, 6) is 0.689. The molecule has 1 atom stereocenters. The summed E-state index contributed by atoms with van der Waals surface area (Å²) in [4.78, 5) is 0. The number of hydrogen-bond acceptors (Lipinski definition) is 2. The van der Waals surface area contributed by atoms with E-state index in [0.717, 1.165) is 32.5 Å². The van der Waals surface area contributed by atoms with Gasteiger partial charge in [0.25, 0.3) is 0 Å². The molecule has 0 aromatic heterocycles. The molecule has 0 bridgehead atoms. The van der Waals surface area contributed by atoms with Crippen molar-refractivity contribution in [1.82, 2.24) is 0 Å². The van der Waals surface area contributed by atoms with Gasteiger partial charge in [0.15, 0.2) is 0 Å². The normalized spacial score (nSPS) is 12.9. The first-order valence-electron chi connectivity index (χ1n) is 7.05. The maximum Gasteiger partial charge on any atom is 0.0466 e. The molecule has 1 aromatic rings. The van der Waals surface area contributed by atoms with Crippen LogP contribution in [0.4, 0.5) is 0 Å². The third-order valence-corrected chi connectivity index (χ3v) is 3.03. The number of benzene rings is 1. The average Bonchev–Trinajstić information content (AvgIpc) is 2.34. The zero-order valence-electron chi connectivity index (χ0n) is 12.0. The fourth-order valence-corrected chi connectivity index (χ4v) is 2.14. The van der Waals surface area contributed by atoms with E-state index in [0.29, 0.717) is 5.92 Å². The van der Waals surface area contributed by atoms with Crippen molar-refractivity contribution in [2.45, 2.75) is 46.1 Å². The highest BCUT2D eigenvalue weighted by Crippen LogP contribution is 2.18. The molecule has 102 valence electrons. The molecule has 18 heavy (non-hydrogen) atoms. The van der Waals surface area contributed by atoms with Crippen LogP contribution in [-0.2, 0) is 11.2 Å². The summed E-state index contributed by atoms with van der Waals surface area (Å²) in [6.07, 6.45) is 3.15. The van der Waals surface area contributed by atoms with Gasteiger partial charge < -0.3 is 10.5 Å². The van der Waals surface area contributed by atoms with Gasteiger partial charge in [-0.05, 0) is 43.2 Å². The molecule has 0 amide bonds. The number of rotatable bonds is 8. The van der Waals surface area contributed by atoms with Gasteiger partial charge in [0.1, 0.15) is 0 Å². The Labute approximate surface area is 112 Å². The first-order valence-corrected chi connectivity index (χ1v) is 7.05. The van der Waals surface area contributed by atoms with Crippen molar-refractivity contribution in [3.63, 3.8) is 0 Å². The van der Waals surface area contributed by atoms with E-state index in [-0.39, 0.29) is 6.04 Å². The van der Waals surface area contributed by atoms with Crippen molar-refractivity contribution in [3.8, 4) is 0 Å². The SMILES string of the molecule is CCOCCCC(N)c1cccc(CC(C)C)c1. The Hall–Kier alpha value is -0.860. The van der Waals surface area contributed by atoms with Gasteiger partial charge in [-0.3, -0.25) is 0 Å². The second-order valence-corrected chi connectivity index (χ2v) is 5.29. The van der Waals surface area contributed by atoms with Gasteiger partial charge in [-0.1, -0.05) is 38.1 Å². The largest absolute Gasteiger partial charge is 0.382 e. The third-order valence-electron chi connectivity index (χ3n) is 3.03. The number of ether oxygens (including phenoxy) is 1. The second-order valence-electron chi connectivity index (χ2n) is 5.29. The number of nitrogens with two attached hydrogens (primary N) is 1. The second kappa shape index (κ2) is 8.28. The van der Waals surface area contributed by atoms with Gasteiger partial charge in [0.05, 0.1) is 0 Å². The first kappa shape index (κ1) is 15.2. The fourth-order valence-electron chi connectivity index (χ4n) is 2.14. The lowest BCUT2D eigenvalue weighted by Crippen LogP contribution is -2.12. The Morgan fingerprint density at radius 2 is 2.06 bits per heavy atom. The smallest absolute Gasteiger partial charge is 0.0466 e. The minimum atomic E-state index is 0.137. The van der Waals surface area contributed by atoms with E-state index in [4.69, 9.17) is 10.5 Å². The zero-order valence-corrected chi connectivity index (χ0v) is 12.0. The van der Waals surface area contributed by atoms with Crippen molar-refractivity contribution in [3.05, 3.63) is 35.4 Å². The molecular weight excluding hydrogens is 222 g/mol. The molecule has 0 heterocycles. The third kappa shape index (κ3) is 5.65. The minimum Gasteiger partial charge on any atom is -0.382 e. The molecule has 0 saturated carbocycles. The molecule has 0 spiro atoms. The van der Waals surface area contributed by atoms with Crippen LogP contribution in [-0.4, -0.2) is 13.2 Å². The molecule has 1 aromatic carbocycles. The molecule has 1 rings (SSSR count). The maximum absolute atomic E-state index is 6.22. The van der Waals surface area contributed by atoms with E-state index in [2.05, 4.69) is 38.1 Å². The Balaban J connectivity index is 2.48. The van der Waals surface area contributed by atoms with E-state index in [9.17, 15) is 0 Å². The van der Waals surface area contributed by atoms with Gasteiger partial charge in [-0.25, -0.2) is 0 Å². The van der Waals surface area contributed by atoms with E-state index < -0.39 is 0 Å². The van der Waals surface area contributed by atoms with Crippen LogP contribution < -0.4 is 5.73 Å². The summed E-state index contributed by atoms with van der Waals surface area (Å²) in [6.45, 7) is 8.12. The van der Waals surface area contributed by atoms with Crippen molar-refractivity contribution in [2.24, 2.45) is 11.7 Å². The topological polar surface area (TPSA) is 35.2 Å². The van der Waals surface area contributed by atoms with Gasteiger partial charge in [-0.2, -0.15) is 0 Å². The van der Waals surface area contributed by atoms with Crippen LogP contribution in [0.5, 0.6) is 0 Å². The Kier molecular flexibility index (Phi) is 6.99. The lowest BCUT2D eigenvalue weighted by atomic mass is 9.97. The van der Waals surface area contributed by atoms with Crippen molar-refractivity contribution >= 4 is 0 Å². The molecular formula is C16H27NO. The van der Waals surface area contributed by atoms with E-state index in [1.807, 2.05) is 6.92 Å².